The lowest BCUT2D eigenvalue weighted by molar-refractivity contribution is -0.126. The third-order valence-electron chi connectivity index (χ3n) is 4.69. The fraction of sp³-hybridized carbons (Fsp3) is 0.286. The van der Waals surface area contributed by atoms with E-state index in [1.807, 2.05) is 0 Å². The molecule has 0 spiro atoms. The Labute approximate surface area is 193 Å². The minimum Gasteiger partial charge on any atom is -0.464 e. The summed E-state index contributed by atoms with van der Waals surface area (Å²) in [6.45, 7) is 2.26. The number of nitrogens with two attached hydrogens (primary N) is 2. The fourth-order valence-electron chi connectivity index (χ4n) is 3.13. The first-order valence-corrected chi connectivity index (χ1v) is 10.7. The van der Waals surface area contributed by atoms with E-state index in [-0.39, 0.29) is 41.7 Å². The van der Waals surface area contributed by atoms with Crippen molar-refractivity contribution in [3.63, 3.8) is 0 Å². The molecular weight excluding hydrogens is 448 g/mol. The molecule has 11 nitrogen and oxygen atoms in total. The molecule has 0 saturated heterocycles. The predicted molar refractivity (Wildman–Crippen MR) is 120 cm³/mol. The summed E-state index contributed by atoms with van der Waals surface area (Å²) in [6, 6.07) is 5.68. The van der Waals surface area contributed by atoms with Crippen LogP contribution in [0.2, 0.25) is 0 Å². The average Bonchev–Trinajstić information content (AvgIpc) is 3.39. The molecule has 0 aliphatic heterocycles. The van der Waals surface area contributed by atoms with Gasteiger partial charge in [0.1, 0.15) is 16.4 Å². The van der Waals surface area contributed by atoms with E-state index >= 15 is 0 Å². The Kier molecular flexibility index (Phi) is 7.74. The summed E-state index contributed by atoms with van der Waals surface area (Å²) in [7, 11) is 1.51. The number of ether oxygens (including phenoxy) is 1. The molecule has 3 rings (SSSR count). The number of anilines is 1. The number of nitrogens with one attached hydrogen (secondary N) is 1. The molecule has 0 aromatic carbocycles. The zero-order valence-corrected chi connectivity index (χ0v) is 18.9. The molecular formula is C21H24N6O5S. The van der Waals surface area contributed by atoms with Crippen molar-refractivity contribution in [2.24, 2.45) is 5.73 Å². The summed E-state index contributed by atoms with van der Waals surface area (Å²) in [5.74, 6) is -1.10. The number of nitrogens with zero attached hydrogens (tertiary/aromatic N) is 3. The first-order chi connectivity index (χ1) is 15.8. The third kappa shape index (κ3) is 5.54. The van der Waals surface area contributed by atoms with Gasteiger partial charge in [0, 0.05) is 32.6 Å². The summed E-state index contributed by atoms with van der Waals surface area (Å²) in [6.07, 6.45) is 3.18. The molecule has 0 unspecified atom stereocenters. The van der Waals surface area contributed by atoms with Gasteiger partial charge >= 0.3 is 0 Å². The predicted octanol–water partition coefficient (Wildman–Crippen LogP) is 1.27. The topological polar surface area (TPSA) is 167 Å². The van der Waals surface area contributed by atoms with Gasteiger partial charge in [-0.2, -0.15) is 4.37 Å². The van der Waals surface area contributed by atoms with E-state index in [4.69, 9.17) is 20.6 Å². The van der Waals surface area contributed by atoms with Crippen molar-refractivity contribution in [3.8, 4) is 0 Å². The van der Waals surface area contributed by atoms with Gasteiger partial charge in [-0.3, -0.25) is 19.4 Å². The van der Waals surface area contributed by atoms with E-state index in [0.29, 0.717) is 11.3 Å². The average molecular weight is 473 g/mol. The number of primary amides is 1. The number of furan rings is 1. The number of hydrogen-bond acceptors (Lipinski definition) is 9. The number of carbonyl (C=O) groups excluding carboxylic acids is 3. The number of hydrogen-bond donors (Lipinski definition) is 3. The van der Waals surface area contributed by atoms with Crippen LogP contribution in [0.15, 0.2) is 41.1 Å². The second-order valence-corrected chi connectivity index (χ2v) is 7.84. The Morgan fingerprint density at radius 1 is 1.30 bits per heavy atom. The molecule has 174 valence electrons. The SMILES string of the molecule is COCCNC(=O)[C@H](c1ccc(C)o1)N(Cc1cccnc1)C(=O)c1snc(C(N)=O)c1N. The highest BCUT2D eigenvalue weighted by atomic mass is 32.1. The Bertz CT molecular complexity index is 1130. The lowest BCUT2D eigenvalue weighted by atomic mass is 10.1. The highest BCUT2D eigenvalue weighted by Gasteiger charge is 2.36. The zero-order valence-electron chi connectivity index (χ0n) is 18.1. The molecule has 0 bridgehead atoms. The summed E-state index contributed by atoms with van der Waals surface area (Å²) >= 11 is 0.738. The Morgan fingerprint density at radius 2 is 2.09 bits per heavy atom. The molecule has 0 saturated carbocycles. The van der Waals surface area contributed by atoms with E-state index in [1.165, 1.54) is 12.0 Å². The lowest BCUT2D eigenvalue weighted by Gasteiger charge is -2.29. The van der Waals surface area contributed by atoms with Crippen LogP contribution in [-0.4, -0.2) is 52.2 Å². The molecule has 5 N–H and O–H groups in total. The molecule has 1 atom stereocenters. The van der Waals surface area contributed by atoms with Crippen LogP contribution < -0.4 is 16.8 Å². The van der Waals surface area contributed by atoms with Gasteiger partial charge in [0.05, 0.1) is 12.3 Å². The number of pyridine rings is 1. The van der Waals surface area contributed by atoms with Crippen LogP contribution in [0.3, 0.4) is 0 Å². The second-order valence-electron chi connectivity index (χ2n) is 7.07. The van der Waals surface area contributed by atoms with Crippen molar-refractivity contribution in [2.45, 2.75) is 19.5 Å². The van der Waals surface area contributed by atoms with E-state index in [9.17, 15) is 14.4 Å². The first kappa shape index (κ1) is 23.9. The van der Waals surface area contributed by atoms with Crippen LogP contribution in [-0.2, 0) is 16.1 Å². The van der Waals surface area contributed by atoms with Crippen LogP contribution in [0.4, 0.5) is 5.69 Å². The minimum atomic E-state index is -1.14. The summed E-state index contributed by atoms with van der Waals surface area (Å²) in [4.78, 5) is 43.9. The van der Waals surface area contributed by atoms with Crippen molar-refractivity contribution in [3.05, 3.63) is 64.3 Å². The van der Waals surface area contributed by atoms with Crippen molar-refractivity contribution < 1.29 is 23.5 Å². The number of aryl methyl sites for hydroxylation is 1. The number of amides is 3. The van der Waals surface area contributed by atoms with Crippen molar-refractivity contribution >= 4 is 34.9 Å². The van der Waals surface area contributed by atoms with Crippen LogP contribution in [0.25, 0.3) is 0 Å². The number of carbonyl (C=O) groups is 3. The molecule has 12 heteroatoms. The number of rotatable bonds is 10. The second kappa shape index (κ2) is 10.7. The van der Waals surface area contributed by atoms with Crippen molar-refractivity contribution in [1.82, 2.24) is 19.6 Å². The van der Waals surface area contributed by atoms with Crippen LogP contribution in [0.5, 0.6) is 0 Å². The maximum absolute atomic E-state index is 13.7. The molecule has 33 heavy (non-hydrogen) atoms. The van der Waals surface area contributed by atoms with Crippen LogP contribution >= 0.6 is 11.5 Å². The molecule has 0 aliphatic rings. The highest BCUT2D eigenvalue weighted by Crippen LogP contribution is 2.31. The summed E-state index contributed by atoms with van der Waals surface area (Å²) in [5, 5.41) is 2.75. The summed E-state index contributed by atoms with van der Waals surface area (Å²) in [5.41, 5.74) is 11.6. The number of methoxy groups -OCH3 is 1. The third-order valence-corrected chi connectivity index (χ3v) is 5.54. The van der Waals surface area contributed by atoms with Crippen molar-refractivity contribution in [2.75, 3.05) is 26.0 Å². The summed E-state index contributed by atoms with van der Waals surface area (Å²) < 4.78 is 14.6. The lowest BCUT2D eigenvalue weighted by Crippen LogP contribution is -2.44. The number of nitrogen functional groups attached to an aromatic ring is 1. The molecule has 3 aromatic heterocycles. The largest absolute Gasteiger partial charge is 0.464 e. The van der Waals surface area contributed by atoms with Gasteiger partial charge in [0.2, 0.25) is 0 Å². The van der Waals surface area contributed by atoms with Gasteiger partial charge in [0.25, 0.3) is 17.7 Å². The standard InChI is InChI=1S/C21H24N6O5S/c1-12-5-6-14(32-12)17(20(29)25-8-9-31-2)27(11-13-4-3-7-24-10-13)21(30)18-15(22)16(19(23)28)26-33-18/h3-7,10,17H,8-9,11,22H2,1-2H3,(H2,23,28)(H,25,29)/t17-/m0/s1. The first-order valence-electron chi connectivity index (χ1n) is 9.91. The fourth-order valence-corrected chi connectivity index (χ4v) is 3.89. The van der Waals surface area contributed by atoms with Crippen LogP contribution in [0, 0.1) is 6.92 Å². The van der Waals surface area contributed by atoms with Gasteiger partial charge in [-0.05, 0) is 42.2 Å². The Morgan fingerprint density at radius 3 is 2.67 bits per heavy atom. The number of aromatic nitrogens is 2. The molecule has 3 amide bonds. The van der Waals surface area contributed by atoms with Gasteiger partial charge < -0.3 is 30.8 Å². The Hall–Kier alpha value is -3.77. The van der Waals surface area contributed by atoms with E-state index in [2.05, 4.69) is 14.7 Å². The van der Waals surface area contributed by atoms with Crippen LogP contribution in [0.1, 0.15) is 43.3 Å². The molecule has 3 heterocycles. The quantitative estimate of drug-likeness (QED) is 0.371. The van der Waals surface area contributed by atoms with Crippen molar-refractivity contribution in [1.29, 1.82) is 0 Å². The zero-order chi connectivity index (χ0) is 24.0. The maximum atomic E-state index is 13.7. The maximum Gasteiger partial charge on any atom is 0.270 e. The van der Waals surface area contributed by atoms with Gasteiger partial charge in [-0.1, -0.05) is 6.07 Å². The smallest absolute Gasteiger partial charge is 0.270 e. The molecule has 0 aliphatic carbocycles. The molecule has 0 radical (unpaired) electrons. The molecule has 0 fully saturated rings. The Balaban J connectivity index is 2.06. The van der Waals surface area contributed by atoms with E-state index < -0.39 is 23.8 Å². The normalized spacial score (nSPS) is 11.7. The van der Waals surface area contributed by atoms with E-state index in [0.717, 1.165) is 11.5 Å². The highest BCUT2D eigenvalue weighted by molar-refractivity contribution is 7.09. The monoisotopic (exact) mass is 472 g/mol. The van der Waals surface area contributed by atoms with E-state index in [1.54, 1.807) is 43.6 Å². The van der Waals surface area contributed by atoms with Gasteiger partial charge in [-0.15, -0.1) is 0 Å². The van der Waals surface area contributed by atoms with Gasteiger partial charge in [0.15, 0.2) is 11.7 Å². The minimum absolute atomic E-state index is 0.00865. The van der Waals surface area contributed by atoms with Gasteiger partial charge in [-0.25, -0.2) is 0 Å². The molecule has 3 aromatic rings.